The number of rotatable bonds is 7. The lowest BCUT2D eigenvalue weighted by atomic mass is 9.92. The molecule has 3 heterocycles. The van der Waals surface area contributed by atoms with Crippen LogP contribution in [-0.2, 0) is 21.1 Å². The van der Waals surface area contributed by atoms with E-state index in [9.17, 15) is 9.90 Å². The maximum Gasteiger partial charge on any atom is 0.304 e. The number of carbonyl (C=O) groups is 1. The van der Waals surface area contributed by atoms with Crippen molar-refractivity contribution in [3.8, 4) is 28.4 Å². The number of aliphatic carboxylic acids is 1. The lowest BCUT2D eigenvalue weighted by Gasteiger charge is -2.34. The number of fused-ring (bicyclic) bond motifs is 3. The number of aromatic nitrogens is 5. The molecular formula is C28H22ClN5O4S. The Labute approximate surface area is 232 Å². The molecule has 9 nitrogen and oxygen atoms in total. The lowest BCUT2D eigenvalue weighted by Crippen LogP contribution is -2.28. The summed E-state index contributed by atoms with van der Waals surface area (Å²) in [5, 5.41) is 25.6. The second-order valence-electron chi connectivity index (χ2n) is 8.91. The summed E-state index contributed by atoms with van der Waals surface area (Å²) in [5.41, 5.74) is 5.58. The fraction of sp³-hybridized carbons (Fsp3) is 0.179. The Bertz CT molecular complexity index is 1700. The van der Waals surface area contributed by atoms with Crippen molar-refractivity contribution in [1.82, 2.24) is 25.6 Å². The number of tetrazole rings is 1. The van der Waals surface area contributed by atoms with Gasteiger partial charge in [-0.1, -0.05) is 41.9 Å². The van der Waals surface area contributed by atoms with Crippen LogP contribution in [0.25, 0.3) is 33.5 Å². The first kappa shape index (κ1) is 25.3. The van der Waals surface area contributed by atoms with E-state index in [0.717, 1.165) is 44.4 Å². The highest BCUT2D eigenvalue weighted by atomic mass is 35.5. The number of ether oxygens (including phenoxy) is 2. The zero-order valence-corrected chi connectivity index (χ0v) is 22.3. The number of nitrogens with zero attached hydrogens (tertiary/aromatic N) is 4. The van der Waals surface area contributed by atoms with Gasteiger partial charge in [0.1, 0.15) is 12.4 Å². The van der Waals surface area contributed by atoms with Gasteiger partial charge in [0.15, 0.2) is 4.93 Å². The number of halogens is 1. The number of benzene rings is 3. The Morgan fingerprint density at radius 3 is 2.82 bits per heavy atom. The molecule has 2 aromatic heterocycles. The van der Waals surface area contributed by atoms with Crippen LogP contribution in [0.5, 0.6) is 5.75 Å². The van der Waals surface area contributed by atoms with E-state index in [0.29, 0.717) is 22.3 Å². The Kier molecular flexibility index (Phi) is 6.68. The van der Waals surface area contributed by atoms with E-state index >= 15 is 0 Å². The van der Waals surface area contributed by atoms with Crippen molar-refractivity contribution >= 4 is 40.2 Å². The first-order chi connectivity index (χ1) is 19.0. The molecule has 5 aromatic rings. The molecule has 11 heteroatoms. The van der Waals surface area contributed by atoms with E-state index in [2.05, 4.69) is 20.6 Å². The number of pyridine rings is 1. The first-order valence-corrected chi connectivity index (χ1v) is 13.5. The van der Waals surface area contributed by atoms with Gasteiger partial charge in [0.05, 0.1) is 17.6 Å². The van der Waals surface area contributed by atoms with Crippen LogP contribution in [-0.4, -0.2) is 49.5 Å². The van der Waals surface area contributed by atoms with Crippen molar-refractivity contribution in [2.45, 2.75) is 18.0 Å². The van der Waals surface area contributed by atoms with Gasteiger partial charge in [0, 0.05) is 51.1 Å². The van der Waals surface area contributed by atoms with Gasteiger partial charge >= 0.3 is 5.97 Å². The van der Waals surface area contributed by atoms with Gasteiger partial charge in [-0.25, -0.2) is 4.98 Å². The molecule has 0 saturated heterocycles. The minimum Gasteiger partial charge on any atom is -0.488 e. The molecule has 0 saturated carbocycles. The van der Waals surface area contributed by atoms with Crippen LogP contribution < -0.4 is 4.74 Å². The standard InChI is InChI=1S/C28H22ClN5O4S/c1-37-28(39-12-11-26(35)36)21-4-2-3-19(27-31-33-34-32-27)20(21)15-38-25-10-7-17(13-22(25)28)23-9-6-16-5-8-18(29)14-24(16)30-23/h2-10,13-14H,11-12,15H2,1H3,(H,35,36)(H,31,32,33,34). The van der Waals surface area contributed by atoms with Crippen molar-refractivity contribution in [3.05, 3.63) is 88.4 Å². The molecule has 3 aromatic carbocycles. The maximum absolute atomic E-state index is 11.4. The SMILES string of the molecule is COC1(SCCC(=O)O)c2cc(-c3ccc4ccc(Cl)cc4n3)ccc2OCc2c(-c3nn[nH]n3)cccc21. The summed E-state index contributed by atoms with van der Waals surface area (Å²) in [6.07, 6.45) is -0.0293. The highest BCUT2D eigenvalue weighted by Gasteiger charge is 2.42. The van der Waals surface area contributed by atoms with E-state index < -0.39 is 10.9 Å². The van der Waals surface area contributed by atoms with E-state index in [4.69, 9.17) is 26.1 Å². The van der Waals surface area contributed by atoms with Crippen molar-refractivity contribution in [2.75, 3.05) is 12.9 Å². The molecule has 196 valence electrons. The monoisotopic (exact) mass is 559 g/mol. The van der Waals surface area contributed by atoms with E-state index in [-0.39, 0.29) is 13.0 Å². The highest BCUT2D eigenvalue weighted by Crippen LogP contribution is 2.52. The van der Waals surface area contributed by atoms with Gasteiger partial charge in [-0.2, -0.15) is 5.21 Å². The second kappa shape index (κ2) is 10.3. The van der Waals surface area contributed by atoms with Crippen molar-refractivity contribution in [2.24, 2.45) is 0 Å². The number of hydrogen-bond donors (Lipinski definition) is 2. The molecule has 1 aliphatic heterocycles. The Hall–Kier alpha value is -3.99. The highest BCUT2D eigenvalue weighted by molar-refractivity contribution is 8.00. The van der Waals surface area contributed by atoms with Crippen LogP contribution in [0, 0.1) is 0 Å². The first-order valence-electron chi connectivity index (χ1n) is 12.1. The van der Waals surface area contributed by atoms with Gasteiger partial charge in [-0.15, -0.1) is 22.0 Å². The Morgan fingerprint density at radius 1 is 1.15 bits per heavy atom. The van der Waals surface area contributed by atoms with Crippen molar-refractivity contribution in [3.63, 3.8) is 0 Å². The largest absolute Gasteiger partial charge is 0.488 e. The number of nitrogens with one attached hydrogen (secondary N) is 1. The van der Waals surface area contributed by atoms with Crippen LogP contribution in [0.1, 0.15) is 23.1 Å². The molecule has 1 unspecified atom stereocenters. The van der Waals surface area contributed by atoms with Crippen LogP contribution in [0.2, 0.25) is 5.02 Å². The van der Waals surface area contributed by atoms with E-state index in [1.54, 1.807) is 7.11 Å². The molecule has 0 spiro atoms. The smallest absolute Gasteiger partial charge is 0.304 e. The summed E-state index contributed by atoms with van der Waals surface area (Å²) in [6, 6.07) is 21.2. The van der Waals surface area contributed by atoms with Gasteiger partial charge in [-0.3, -0.25) is 4.79 Å². The zero-order chi connectivity index (χ0) is 27.0. The predicted molar refractivity (Wildman–Crippen MR) is 149 cm³/mol. The fourth-order valence-electron chi connectivity index (χ4n) is 4.87. The van der Waals surface area contributed by atoms with Gasteiger partial charge < -0.3 is 14.6 Å². The van der Waals surface area contributed by atoms with Gasteiger partial charge in [0.25, 0.3) is 0 Å². The second-order valence-corrected chi connectivity index (χ2v) is 10.6. The summed E-state index contributed by atoms with van der Waals surface area (Å²) >= 11 is 7.62. The Balaban J connectivity index is 1.54. The number of aromatic amines is 1. The third-order valence-electron chi connectivity index (χ3n) is 6.68. The van der Waals surface area contributed by atoms with Crippen LogP contribution in [0.3, 0.4) is 0 Å². The minimum atomic E-state index is -1.08. The third kappa shape index (κ3) is 4.60. The molecule has 2 N–H and O–H groups in total. The third-order valence-corrected chi connectivity index (χ3v) is 8.34. The zero-order valence-electron chi connectivity index (χ0n) is 20.7. The number of thioether (sulfide) groups is 1. The fourth-order valence-corrected chi connectivity index (χ4v) is 6.38. The number of methoxy groups -OCH3 is 1. The average molecular weight is 560 g/mol. The molecule has 0 fully saturated rings. The number of hydrogen-bond acceptors (Lipinski definition) is 8. The maximum atomic E-state index is 11.4. The summed E-state index contributed by atoms with van der Waals surface area (Å²) in [5.74, 6) is 0.488. The molecular weight excluding hydrogens is 538 g/mol. The molecule has 1 aliphatic rings. The van der Waals surface area contributed by atoms with Crippen LogP contribution in [0.4, 0.5) is 0 Å². The number of carboxylic acid groups (broad SMARTS) is 1. The molecule has 0 bridgehead atoms. The summed E-state index contributed by atoms with van der Waals surface area (Å²) in [6.45, 7) is 0.240. The summed E-state index contributed by atoms with van der Waals surface area (Å²) in [4.78, 5) is 15.2. The van der Waals surface area contributed by atoms with Gasteiger partial charge in [-0.05, 0) is 41.6 Å². The molecule has 1 atom stereocenters. The average Bonchev–Trinajstić information content (AvgIpc) is 3.44. The van der Waals surface area contributed by atoms with Crippen molar-refractivity contribution in [1.29, 1.82) is 0 Å². The number of H-pyrrole nitrogens is 1. The quantitative estimate of drug-likeness (QED) is 0.242. The molecule has 6 rings (SSSR count). The minimum absolute atomic E-state index is 0.0293. The van der Waals surface area contributed by atoms with E-state index in [1.165, 1.54) is 11.8 Å². The Morgan fingerprint density at radius 2 is 2.03 bits per heavy atom. The summed E-state index contributed by atoms with van der Waals surface area (Å²) < 4.78 is 12.7. The molecule has 39 heavy (non-hydrogen) atoms. The van der Waals surface area contributed by atoms with Crippen LogP contribution in [0.15, 0.2) is 66.7 Å². The van der Waals surface area contributed by atoms with E-state index in [1.807, 2.05) is 66.7 Å². The van der Waals surface area contributed by atoms with Crippen molar-refractivity contribution < 1.29 is 19.4 Å². The molecule has 0 aliphatic carbocycles. The molecule has 0 amide bonds. The predicted octanol–water partition coefficient (Wildman–Crippen LogP) is 5.68. The normalized spacial score (nSPS) is 16.3. The topological polar surface area (TPSA) is 123 Å². The lowest BCUT2D eigenvalue weighted by molar-refractivity contribution is -0.136. The van der Waals surface area contributed by atoms with Crippen LogP contribution >= 0.6 is 23.4 Å². The molecule has 0 radical (unpaired) electrons. The number of carboxylic acids is 1. The summed E-state index contributed by atoms with van der Waals surface area (Å²) in [7, 11) is 1.62. The van der Waals surface area contributed by atoms with Gasteiger partial charge in [0.2, 0.25) is 5.82 Å².